The molecule has 2 fully saturated rings. The van der Waals surface area contributed by atoms with Crippen molar-refractivity contribution in [3.05, 3.63) is 52.0 Å². The summed E-state index contributed by atoms with van der Waals surface area (Å²) in [4.78, 5) is 19.4. The highest BCUT2D eigenvalue weighted by Gasteiger charge is 2.45. The number of carbonyl (C=O) groups excluding carboxylic acids is 1. The van der Waals surface area contributed by atoms with Gasteiger partial charge >= 0.3 is 0 Å². The second kappa shape index (κ2) is 7.02. The van der Waals surface area contributed by atoms with Crippen molar-refractivity contribution in [1.29, 1.82) is 0 Å². The van der Waals surface area contributed by atoms with Crippen molar-refractivity contribution < 1.29 is 4.79 Å². The van der Waals surface area contributed by atoms with Gasteiger partial charge in [0.15, 0.2) is 0 Å². The van der Waals surface area contributed by atoms with E-state index in [-0.39, 0.29) is 11.3 Å². The number of hydrogen-bond donors (Lipinski definition) is 1. The van der Waals surface area contributed by atoms with Crippen LogP contribution in [0.1, 0.15) is 60.6 Å². The summed E-state index contributed by atoms with van der Waals surface area (Å²) in [6, 6.07) is 9.36. The highest BCUT2D eigenvalue weighted by molar-refractivity contribution is 7.09. The molecule has 1 aromatic carbocycles. The number of amides is 1. The first-order valence-corrected chi connectivity index (χ1v) is 11.1. The second-order valence-electron chi connectivity index (χ2n) is 8.52. The lowest BCUT2D eigenvalue weighted by molar-refractivity contribution is -0.121. The molecule has 2 aromatic rings. The quantitative estimate of drug-likeness (QED) is 0.856. The standard InChI is InChI=1S/C22H27N3OS/c26-20(24-17-5-6-17)13-16-14-22(19-4-2-1-3-18(16)19)7-10-25(11-8-22)15-21-23-9-12-27-21/h1-4,9,12,16-17H,5-8,10-11,13-15H2,(H,24,26)/t16-/m0/s1. The van der Waals surface area contributed by atoms with Gasteiger partial charge in [0.25, 0.3) is 0 Å². The summed E-state index contributed by atoms with van der Waals surface area (Å²) in [7, 11) is 0. The summed E-state index contributed by atoms with van der Waals surface area (Å²) >= 11 is 1.75. The van der Waals surface area contributed by atoms with Gasteiger partial charge in [-0.2, -0.15) is 0 Å². The first kappa shape index (κ1) is 17.4. The Morgan fingerprint density at radius 1 is 1.26 bits per heavy atom. The molecule has 1 amide bonds. The summed E-state index contributed by atoms with van der Waals surface area (Å²) in [6.45, 7) is 3.21. The van der Waals surface area contributed by atoms with Crippen LogP contribution < -0.4 is 5.32 Å². The maximum Gasteiger partial charge on any atom is 0.220 e. The van der Waals surface area contributed by atoms with Crippen LogP contribution in [0.4, 0.5) is 0 Å². The van der Waals surface area contributed by atoms with Crippen LogP contribution in [0.25, 0.3) is 0 Å². The molecule has 0 bridgehead atoms. The van der Waals surface area contributed by atoms with Crippen LogP contribution >= 0.6 is 11.3 Å². The fourth-order valence-electron chi connectivity index (χ4n) is 5.08. The van der Waals surface area contributed by atoms with Crippen LogP contribution in [0, 0.1) is 0 Å². The SMILES string of the molecule is O=C(C[C@H]1CC2(CCN(Cc3nccs3)CC2)c2ccccc21)NC1CC1. The van der Waals surface area contributed by atoms with Crippen LogP contribution in [-0.4, -0.2) is 34.9 Å². The Morgan fingerprint density at radius 2 is 2.07 bits per heavy atom. The molecule has 27 heavy (non-hydrogen) atoms. The lowest BCUT2D eigenvalue weighted by Crippen LogP contribution is -2.41. The third kappa shape index (κ3) is 3.55. The minimum Gasteiger partial charge on any atom is -0.353 e. The van der Waals surface area contributed by atoms with E-state index in [0.717, 1.165) is 38.9 Å². The van der Waals surface area contributed by atoms with Gasteiger partial charge in [-0.05, 0) is 67.7 Å². The molecule has 1 saturated carbocycles. The lowest BCUT2D eigenvalue weighted by Gasteiger charge is -2.40. The number of nitrogens with one attached hydrogen (secondary N) is 1. The van der Waals surface area contributed by atoms with E-state index in [1.807, 2.05) is 6.20 Å². The molecule has 3 aliphatic rings. The molecule has 2 heterocycles. The number of likely N-dealkylation sites (tertiary alicyclic amines) is 1. The summed E-state index contributed by atoms with van der Waals surface area (Å²) < 4.78 is 0. The van der Waals surface area contributed by atoms with Crippen molar-refractivity contribution in [2.45, 2.75) is 62.4 Å². The molecule has 1 saturated heterocycles. The van der Waals surface area contributed by atoms with Gasteiger partial charge in [-0.15, -0.1) is 11.3 Å². The normalized spacial score (nSPS) is 24.1. The van der Waals surface area contributed by atoms with Crippen LogP contribution in [-0.2, 0) is 16.8 Å². The Morgan fingerprint density at radius 3 is 2.81 bits per heavy atom. The number of carbonyl (C=O) groups is 1. The number of thiazole rings is 1. The van der Waals surface area contributed by atoms with Crippen molar-refractivity contribution in [2.75, 3.05) is 13.1 Å². The predicted octanol–water partition coefficient (Wildman–Crippen LogP) is 3.83. The number of hydrogen-bond acceptors (Lipinski definition) is 4. The molecule has 0 unspecified atom stereocenters. The molecule has 1 atom stereocenters. The van der Waals surface area contributed by atoms with Gasteiger partial charge in [-0.3, -0.25) is 9.69 Å². The summed E-state index contributed by atoms with van der Waals surface area (Å²) in [5, 5.41) is 6.46. The van der Waals surface area contributed by atoms with Crippen LogP contribution in [0.5, 0.6) is 0 Å². The summed E-state index contributed by atoms with van der Waals surface area (Å²) in [5.74, 6) is 0.626. The lowest BCUT2D eigenvalue weighted by atomic mass is 9.73. The van der Waals surface area contributed by atoms with Crippen LogP contribution in [0.3, 0.4) is 0 Å². The number of rotatable bonds is 5. The van der Waals surface area contributed by atoms with E-state index in [4.69, 9.17) is 0 Å². The number of benzene rings is 1. The third-order valence-electron chi connectivity index (χ3n) is 6.64. The zero-order valence-electron chi connectivity index (χ0n) is 15.7. The second-order valence-corrected chi connectivity index (χ2v) is 9.50. The summed E-state index contributed by atoms with van der Waals surface area (Å²) in [5.41, 5.74) is 3.21. The van der Waals surface area contributed by atoms with Crippen LogP contribution in [0.2, 0.25) is 0 Å². The smallest absolute Gasteiger partial charge is 0.220 e. The fraction of sp³-hybridized carbons (Fsp3) is 0.545. The Hall–Kier alpha value is -1.72. The Balaban J connectivity index is 1.29. The average Bonchev–Trinajstić information content (AvgIpc) is 3.24. The zero-order valence-corrected chi connectivity index (χ0v) is 16.5. The van der Waals surface area contributed by atoms with Crippen molar-refractivity contribution >= 4 is 17.2 Å². The molecular formula is C22H27N3OS. The highest BCUT2D eigenvalue weighted by Crippen LogP contribution is 2.52. The molecule has 1 aromatic heterocycles. The average molecular weight is 382 g/mol. The van der Waals surface area contributed by atoms with Crippen molar-refractivity contribution in [2.24, 2.45) is 0 Å². The van der Waals surface area contributed by atoms with Gasteiger partial charge in [-0.1, -0.05) is 24.3 Å². The third-order valence-corrected chi connectivity index (χ3v) is 7.40. The molecular weight excluding hydrogens is 354 g/mol. The van der Waals surface area contributed by atoms with Gasteiger partial charge in [0, 0.05) is 24.0 Å². The van der Waals surface area contributed by atoms with Gasteiger partial charge in [0.1, 0.15) is 5.01 Å². The van der Waals surface area contributed by atoms with E-state index in [1.165, 1.54) is 29.0 Å². The van der Waals surface area contributed by atoms with E-state index in [9.17, 15) is 4.79 Å². The zero-order chi connectivity index (χ0) is 18.3. The van der Waals surface area contributed by atoms with Gasteiger partial charge in [-0.25, -0.2) is 4.98 Å². The molecule has 0 radical (unpaired) electrons. The number of nitrogens with zero attached hydrogens (tertiary/aromatic N) is 2. The Kier molecular flexibility index (Phi) is 4.52. The van der Waals surface area contributed by atoms with Gasteiger partial charge < -0.3 is 5.32 Å². The van der Waals surface area contributed by atoms with E-state index in [1.54, 1.807) is 11.3 Å². The van der Waals surface area contributed by atoms with E-state index >= 15 is 0 Å². The van der Waals surface area contributed by atoms with Crippen molar-refractivity contribution in [3.8, 4) is 0 Å². The van der Waals surface area contributed by atoms with E-state index in [0.29, 0.717) is 18.4 Å². The van der Waals surface area contributed by atoms with Gasteiger partial charge in [0.2, 0.25) is 5.91 Å². The minimum absolute atomic E-state index is 0.246. The molecule has 1 spiro atoms. The largest absolute Gasteiger partial charge is 0.353 e. The van der Waals surface area contributed by atoms with Crippen molar-refractivity contribution in [3.63, 3.8) is 0 Å². The maximum absolute atomic E-state index is 12.4. The monoisotopic (exact) mass is 381 g/mol. The molecule has 1 aliphatic heterocycles. The molecule has 142 valence electrons. The molecule has 4 nitrogen and oxygen atoms in total. The molecule has 2 aliphatic carbocycles. The van der Waals surface area contributed by atoms with Gasteiger partial charge in [0.05, 0.1) is 6.54 Å². The first-order valence-electron chi connectivity index (χ1n) is 10.2. The molecule has 1 N–H and O–H groups in total. The highest BCUT2D eigenvalue weighted by atomic mass is 32.1. The molecule has 5 heteroatoms. The maximum atomic E-state index is 12.4. The van der Waals surface area contributed by atoms with E-state index < -0.39 is 0 Å². The Labute approximate surface area is 165 Å². The fourth-order valence-corrected chi connectivity index (χ4v) is 5.74. The minimum atomic E-state index is 0.246. The predicted molar refractivity (Wildman–Crippen MR) is 108 cm³/mol. The van der Waals surface area contributed by atoms with Crippen LogP contribution in [0.15, 0.2) is 35.8 Å². The summed E-state index contributed by atoms with van der Waals surface area (Å²) in [6.07, 6.45) is 8.38. The Bertz CT molecular complexity index is 807. The number of fused-ring (bicyclic) bond motifs is 2. The van der Waals surface area contributed by atoms with Crippen molar-refractivity contribution in [1.82, 2.24) is 15.2 Å². The molecule has 5 rings (SSSR count). The number of aromatic nitrogens is 1. The topological polar surface area (TPSA) is 45.2 Å². The number of piperidine rings is 1. The van der Waals surface area contributed by atoms with E-state index in [2.05, 4.69) is 44.8 Å². The first-order chi connectivity index (χ1) is 13.2.